The fourth-order valence-electron chi connectivity index (χ4n) is 4.41. The predicted molar refractivity (Wildman–Crippen MR) is 196 cm³/mol. The van der Waals surface area contributed by atoms with Gasteiger partial charge in [0.25, 0.3) is 0 Å². The summed E-state index contributed by atoms with van der Waals surface area (Å²) >= 11 is 0. The van der Waals surface area contributed by atoms with E-state index in [0.717, 1.165) is 12.1 Å². The van der Waals surface area contributed by atoms with E-state index < -0.39 is 29.9 Å². The molecule has 0 unspecified atom stereocenters. The minimum absolute atomic E-state index is 0.0294. The van der Waals surface area contributed by atoms with Gasteiger partial charge in [-0.15, -0.1) is 0 Å². The molecule has 0 radical (unpaired) electrons. The lowest BCUT2D eigenvalue weighted by molar-refractivity contribution is -0.148. The second kappa shape index (κ2) is 27.8. The van der Waals surface area contributed by atoms with Crippen LogP contribution in [0.1, 0.15) is 66.4 Å². The Bertz CT molecular complexity index is 1180. The molecule has 0 aliphatic heterocycles. The van der Waals surface area contributed by atoms with Crippen LogP contribution in [-0.2, 0) is 49.5 Å². The first-order chi connectivity index (χ1) is 24.8. The summed E-state index contributed by atoms with van der Waals surface area (Å²) in [4.78, 5) is 62.2. The van der Waals surface area contributed by atoms with Crippen molar-refractivity contribution in [2.24, 2.45) is 17.6 Å². The molecule has 7 N–H and O–H groups in total. The highest BCUT2D eigenvalue weighted by atomic mass is 16.6. The number of carbonyl (C=O) groups excluding carboxylic acids is 5. The van der Waals surface area contributed by atoms with Crippen molar-refractivity contribution in [3.05, 3.63) is 29.8 Å². The number of esters is 1. The average molecular weight is 739 g/mol. The Morgan fingerprint density at radius 3 is 1.83 bits per heavy atom. The molecular weight excluding hydrogens is 676 g/mol. The largest absolute Gasteiger partial charge is 0.461 e. The molecule has 296 valence electrons. The molecule has 0 bridgehead atoms. The van der Waals surface area contributed by atoms with E-state index in [0.29, 0.717) is 64.4 Å². The maximum atomic E-state index is 13.4. The lowest BCUT2D eigenvalue weighted by Gasteiger charge is -2.25. The van der Waals surface area contributed by atoms with Crippen LogP contribution in [0.25, 0.3) is 0 Å². The lowest BCUT2D eigenvalue weighted by Crippen LogP contribution is -2.54. The number of urea groups is 1. The molecular formula is C36H62N6O10. The van der Waals surface area contributed by atoms with Crippen LogP contribution in [0.3, 0.4) is 0 Å². The number of primary amides is 1. The molecule has 0 saturated heterocycles. The third-order valence-electron chi connectivity index (χ3n) is 7.33. The highest BCUT2D eigenvalue weighted by molar-refractivity contribution is 5.98. The molecule has 16 nitrogen and oxygen atoms in total. The fourth-order valence-corrected chi connectivity index (χ4v) is 4.41. The summed E-state index contributed by atoms with van der Waals surface area (Å²) in [5.41, 5.74) is 6.36. The maximum absolute atomic E-state index is 13.4. The lowest BCUT2D eigenvalue weighted by atomic mass is 10.0. The Balaban J connectivity index is 2.51. The predicted octanol–water partition coefficient (Wildman–Crippen LogP) is 1.85. The van der Waals surface area contributed by atoms with E-state index >= 15 is 0 Å². The number of anilines is 1. The highest BCUT2D eigenvalue weighted by Gasteiger charge is 2.29. The van der Waals surface area contributed by atoms with Crippen LogP contribution in [0.4, 0.5) is 10.5 Å². The van der Waals surface area contributed by atoms with E-state index in [4.69, 9.17) is 29.4 Å². The Morgan fingerprint density at radius 2 is 1.29 bits per heavy atom. The Hall–Kier alpha value is -3.83. The number of carbonyl (C=O) groups is 5. The van der Waals surface area contributed by atoms with Gasteiger partial charge >= 0.3 is 12.0 Å². The zero-order chi connectivity index (χ0) is 38.7. The summed E-state index contributed by atoms with van der Waals surface area (Å²) in [6, 6.07) is 4.61. The van der Waals surface area contributed by atoms with E-state index in [1.54, 1.807) is 52.0 Å². The van der Waals surface area contributed by atoms with Crippen LogP contribution in [-0.4, -0.2) is 114 Å². The van der Waals surface area contributed by atoms with Crippen molar-refractivity contribution >= 4 is 35.4 Å². The van der Waals surface area contributed by atoms with Gasteiger partial charge in [0.1, 0.15) is 18.7 Å². The molecule has 0 fully saturated rings. The summed E-state index contributed by atoms with van der Waals surface area (Å²) in [6.07, 6.45) is 0.564. The van der Waals surface area contributed by atoms with Crippen molar-refractivity contribution in [1.82, 2.24) is 21.3 Å². The van der Waals surface area contributed by atoms with Crippen molar-refractivity contribution in [3.63, 3.8) is 0 Å². The van der Waals surface area contributed by atoms with E-state index in [2.05, 4.69) is 40.4 Å². The number of hydrogen-bond donors (Lipinski definition) is 6. The van der Waals surface area contributed by atoms with Crippen molar-refractivity contribution < 1.29 is 47.7 Å². The van der Waals surface area contributed by atoms with Crippen molar-refractivity contribution in [2.45, 2.75) is 85.5 Å². The molecule has 0 aromatic heterocycles. The number of nitrogens with two attached hydrogens (primary N) is 1. The summed E-state index contributed by atoms with van der Waals surface area (Å²) in [6.45, 7) is 15.6. The first kappa shape index (κ1) is 46.2. The minimum atomic E-state index is -0.980. The van der Waals surface area contributed by atoms with Gasteiger partial charge in [0.15, 0.2) is 0 Å². The standard InChI is InChI=1S/C36H62N6O10/c1-25(2)32(42-31(43)13-16-48-18-20-50-22-23-51-21-19-49-17-15-38-27(5)6)34(45)41-30(8-7-14-39-36(37)47)33(44)40-29-11-9-28(10-12-29)24-52-35(46)26(3)4/h9-12,25-27,30,32,38H,7-8,13-24H2,1-6H3,(H,40,44)(H,41,45)(H,42,43)(H3,37,39,47)/t30-,32+/m0/s1. The molecule has 5 amide bonds. The van der Waals surface area contributed by atoms with Crippen molar-refractivity contribution in [3.8, 4) is 0 Å². The molecule has 16 heteroatoms. The number of benzene rings is 1. The molecule has 0 heterocycles. The summed E-state index contributed by atoms with van der Waals surface area (Å²) in [5, 5.41) is 14.0. The number of rotatable bonds is 29. The zero-order valence-corrected chi connectivity index (χ0v) is 31.8. The van der Waals surface area contributed by atoms with Gasteiger partial charge in [-0.25, -0.2) is 4.79 Å². The third kappa shape index (κ3) is 22.9. The number of ether oxygens (including phenoxy) is 5. The SMILES string of the molecule is CC(C)NCCOCCOCCOCCOCCC(=O)N[C@@H](C(=O)N[C@@H](CCCNC(N)=O)C(=O)Nc1ccc(COC(=O)C(C)C)cc1)C(C)C. The first-order valence-corrected chi connectivity index (χ1v) is 18.0. The normalized spacial score (nSPS) is 12.4. The minimum Gasteiger partial charge on any atom is -0.461 e. The van der Waals surface area contributed by atoms with Crippen LogP contribution < -0.4 is 32.3 Å². The van der Waals surface area contributed by atoms with Crippen molar-refractivity contribution in [2.75, 3.05) is 71.3 Å². The highest BCUT2D eigenvalue weighted by Crippen LogP contribution is 2.13. The average Bonchev–Trinajstić information content (AvgIpc) is 3.09. The van der Waals surface area contributed by atoms with Gasteiger partial charge in [-0.2, -0.15) is 0 Å². The van der Waals surface area contributed by atoms with Gasteiger partial charge < -0.3 is 56.0 Å². The Kier molecular flexibility index (Phi) is 24.7. The quantitative estimate of drug-likeness (QED) is 0.0515. The van der Waals surface area contributed by atoms with E-state index in [1.165, 1.54) is 0 Å². The second-order valence-corrected chi connectivity index (χ2v) is 13.0. The molecule has 52 heavy (non-hydrogen) atoms. The van der Waals surface area contributed by atoms with Gasteiger partial charge in [0.2, 0.25) is 17.7 Å². The van der Waals surface area contributed by atoms with Gasteiger partial charge in [0, 0.05) is 31.2 Å². The molecule has 0 aliphatic carbocycles. The summed E-state index contributed by atoms with van der Waals surface area (Å²) < 4.78 is 27.2. The number of amides is 5. The van der Waals surface area contributed by atoms with E-state index in [9.17, 15) is 24.0 Å². The second-order valence-electron chi connectivity index (χ2n) is 13.0. The molecule has 0 saturated carbocycles. The zero-order valence-electron chi connectivity index (χ0n) is 31.8. The Labute approximate surface area is 308 Å². The van der Waals surface area contributed by atoms with E-state index in [-0.39, 0.29) is 56.3 Å². The maximum Gasteiger partial charge on any atom is 0.312 e. The third-order valence-corrected chi connectivity index (χ3v) is 7.33. The molecule has 1 aromatic rings. The van der Waals surface area contributed by atoms with Crippen LogP contribution in [0, 0.1) is 11.8 Å². The molecule has 1 aromatic carbocycles. The van der Waals surface area contributed by atoms with Crippen molar-refractivity contribution in [1.29, 1.82) is 0 Å². The van der Waals surface area contributed by atoms with Crippen LogP contribution in [0.2, 0.25) is 0 Å². The summed E-state index contributed by atoms with van der Waals surface area (Å²) in [5.74, 6) is -2.23. The first-order valence-electron chi connectivity index (χ1n) is 18.0. The molecule has 2 atom stereocenters. The fraction of sp³-hybridized carbons (Fsp3) is 0.694. The topological polar surface area (TPSA) is 218 Å². The monoisotopic (exact) mass is 738 g/mol. The van der Waals surface area contributed by atoms with Crippen LogP contribution >= 0.6 is 0 Å². The smallest absolute Gasteiger partial charge is 0.312 e. The molecule has 1 rings (SSSR count). The van der Waals surface area contributed by atoms with Gasteiger partial charge in [-0.1, -0.05) is 53.7 Å². The van der Waals surface area contributed by atoms with Gasteiger partial charge in [-0.3, -0.25) is 19.2 Å². The molecule has 0 aliphatic rings. The summed E-state index contributed by atoms with van der Waals surface area (Å²) in [7, 11) is 0. The molecule has 0 spiro atoms. The Morgan fingerprint density at radius 1 is 0.712 bits per heavy atom. The van der Waals surface area contributed by atoms with E-state index in [1.807, 2.05) is 0 Å². The number of nitrogens with one attached hydrogen (secondary N) is 5. The number of hydrogen-bond acceptors (Lipinski definition) is 11. The van der Waals surface area contributed by atoms with Crippen LogP contribution in [0.5, 0.6) is 0 Å². The van der Waals surface area contributed by atoms with Gasteiger partial charge in [-0.05, 0) is 36.5 Å². The van der Waals surface area contributed by atoms with Gasteiger partial charge in [0.05, 0.1) is 58.8 Å². The van der Waals surface area contributed by atoms with Crippen LogP contribution in [0.15, 0.2) is 24.3 Å².